The average molecular weight is 293 g/mol. The molecule has 100 valence electrons. The van der Waals surface area contributed by atoms with Crippen molar-refractivity contribution in [3.05, 3.63) is 29.8 Å². The lowest BCUT2D eigenvalue weighted by molar-refractivity contribution is 0.179. The smallest absolute Gasteiger partial charge is 0.177 e. The zero-order valence-electron chi connectivity index (χ0n) is 10.7. The third-order valence-corrected chi connectivity index (χ3v) is 5.50. The van der Waals surface area contributed by atoms with Gasteiger partial charge in [0.15, 0.2) is 6.61 Å². The molecule has 0 spiro atoms. The number of hydrogen-bond acceptors (Lipinski definition) is 5. The summed E-state index contributed by atoms with van der Waals surface area (Å²) < 4.78 is 5.61. The third-order valence-electron chi connectivity index (χ3n) is 2.53. The lowest BCUT2D eigenvalue weighted by Crippen LogP contribution is -2.14. The number of hydrogen-bond donors (Lipinski definition) is 0. The largest absolute Gasteiger partial charge is 0.497 e. The van der Waals surface area contributed by atoms with Gasteiger partial charge in [-0.05, 0) is 17.7 Å². The molecule has 0 N–H and O–H groups in total. The normalized spacial score (nSPS) is 18.5. The van der Waals surface area contributed by atoms with Crippen molar-refractivity contribution in [2.75, 3.05) is 25.2 Å². The van der Waals surface area contributed by atoms with E-state index < -0.39 is 0 Å². The lowest BCUT2D eigenvalue weighted by atomic mass is 10.2. The van der Waals surface area contributed by atoms with E-state index in [2.05, 4.69) is 23.2 Å². The van der Waals surface area contributed by atoms with Crippen LogP contribution in [0.3, 0.4) is 0 Å². The van der Waals surface area contributed by atoms with E-state index in [4.69, 9.17) is 16.0 Å². The molecule has 19 heavy (non-hydrogen) atoms. The Morgan fingerprint density at radius 1 is 1.32 bits per heavy atom. The highest BCUT2D eigenvalue weighted by Crippen LogP contribution is 2.43. The van der Waals surface area contributed by atoms with E-state index >= 15 is 0 Å². The highest BCUT2D eigenvalue weighted by Gasteiger charge is 2.20. The Morgan fingerprint density at radius 3 is 2.58 bits per heavy atom. The number of nitrogens with zero attached hydrogens (tertiary/aromatic N) is 1. The van der Waals surface area contributed by atoms with Crippen molar-refractivity contribution < 1.29 is 9.57 Å². The molecule has 0 aliphatic carbocycles. The first-order valence-corrected chi connectivity index (χ1v) is 7.91. The number of ether oxygens (including phenoxy) is 1. The zero-order valence-corrected chi connectivity index (χ0v) is 12.3. The van der Waals surface area contributed by atoms with Crippen molar-refractivity contribution in [1.29, 1.82) is 0 Å². The second kappa shape index (κ2) is 7.37. The van der Waals surface area contributed by atoms with Gasteiger partial charge in [0.2, 0.25) is 0 Å². The summed E-state index contributed by atoms with van der Waals surface area (Å²) in [5.41, 5.74) is 2.36. The van der Waals surface area contributed by atoms with E-state index in [9.17, 15) is 0 Å². The lowest BCUT2D eigenvalue weighted by Gasteiger charge is -2.22. The van der Waals surface area contributed by atoms with Gasteiger partial charge in [-0.1, -0.05) is 23.2 Å². The van der Waals surface area contributed by atoms with Crippen LogP contribution in [-0.2, 0) is 4.84 Å². The van der Waals surface area contributed by atoms with Crippen LogP contribution in [-0.4, -0.2) is 30.9 Å². The van der Waals surface area contributed by atoms with Gasteiger partial charge in [-0.3, -0.25) is 0 Å². The second-order valence-electron chi connectivity index (χ2n) is 3.86. The minimum Gasteiger partial charge on any atom is -0.497 e. The van der Waals surface area contributed by atoms with Gasteiger partial charge in [0, 0.05) is 11.5 Å². The van der Waals surface area contributed by atoms with E-state index in [-0.39, 0.29) is 6.61 Å². The molecule has 0 aromatic heterocycles. The van der Waals surface area contributed by atoms with Crippen LogP contribution in [0.5, 0.6) is 5.75 Å². The fraction of sp³-hybridized carbons (Fsp3) is 0.357. The van der Waals surface area contributed by atoms with Gasteiger partial charge in [0.05, 0.1) is 17.4 Å². The van der Waals surface area contributed by atoms with Gasteiger partial charge in [0.25, 0.3) is 0 Å². The molecule has 2 rings (SSSR count). The first kappa shape index (κ1) is 14.2. The van der Waals surface area contributed by atoms with Crippen molar-refractivity contribution >= 4 is 29.2 Å². The van der Waals surface area contributed by atoms with Gasteiger partial charge >= 0.3 is 0 Å². The van der Waals surface area contributed by atoms with Crippen LogP contribution < -0.4 is 4.74 Å². The Labute approximate surface area is 122 Å². The van der Waals surface area contributed by atoms with Crippen LogP contribution >= 0.6 is 23.5 Å². The highest BCUT2D eigenvalue weighted by atomic mass is 32.2. The summed E-state index contributed by atoms with van der Waals surface area (Å²) in [4.78, 5) is 5.00. The van der Waals surface area contributed by atoms with E-state index in [0.717, 1.165) is 23.0 Å². The average Bonchev–Trinajstić information content (AvgIpc) is 2.48. The Balaban J connectivity index is 1.88. The summed E-state index contributed by atoms with van der Waals surface area (Å²) in [7, 11) is 1.68. The summed E-state index contributed by atoms with van der Waals surface area (Å²) in [5, 5.41) is 4.04. The standard InChI is InChI=1S/C14H15NO2S2/c1-3-8-17-15-12-9-18-14(19-10-12)11-4-6-13(16-2)7-5-11/h1,4-7,14H,8-10H2,2H3. The molecule has 0 atom stereocenters. The minimum atomic E-state index is 0.237. The van der Waals surface area contributed by atoms with Crippen LogP contribution in [0.2, 0.25) is 0 Å². The zero-order chi connectivity index (χ0) is 13.5. The maximum Gasteiger partial charge on any atom is 0.177 e. The quantitative estimate of drug-likeness (QED) is 0.485. The topological polar surface area (TPSA) is 30.8 Å². The molecule has 1 fully saturated rings. The van der Waals surface area contributed by atoms with Crippen molar-refractivity contribution in [1.82, 2.24) is 0 Å². The van der Waals surface area contributed by atoms with Gasteiger partial charge in [-0.15, -0.1) is 29.9 Å². The fourth-order valence-electron chi connectivity index (χ4n) is 1.60. The first-order chi connectivity index (χ1) is 9.33. The van der Waals surface area contributed by atoms with Crippen LogP contribution in [0.25, 0.3) is 0 Å². The molecule has 0 saturated carbocycles. The van der Waals surface area contributed by atoms with Crippen molar-refractivity contribution in [2.24, 2.45) is 5.16 Å². The Bertz CT molecular complexity index is 469. The Kier molecular flexibility index (Phi) is 5.49. The number of rotatable bonds is 4. The third kappa shape index (κ3) is 4.12. The maximum absolute atomic E-state index is 5.16. The Hall–Kier alpha value is -1.25. The fourth-order valence-corrected chi connectivity index (χ4v) is 4.22. The van der Waals surface area contributed by atoms with Gasteiger partial charge in [-0.2, -0.15) is 0 Å². The molecule has 1 saturated heterocycles. The van der Waals surface area contributed by atoms with Crippen LogP contribution in [0, 0.1) is 12.3 Å². The molecule has 3 nitrogen and oxygen atoms in total. The summed E-state index contributed by atoms with van der Waals surface area (Å²) in [6, 6.07) is 8.22. The molecule has 0 unspecified atom stereocenters. The summed E-state index contributed by atoms with van der Waals surface area (Å²) in [6.07, 6.45) is 5.10. The SMILES string of the molecule is C#CCON=C1CSC(c2ccc(OC)cc2)SC1. The predicted molar refractivity (Wildman–Crippen MR) is 82.9 cm³/mol. The summed E-state index contributed by atoms with van der Waals surface area (Å²) >= 11 is 3.71. The van der Waals surface area contributed by atoms with Crippen molar-refractivity contribution in [3.63, 3.8) is 0 Å². The van der Waals surface area contributed by atoms with E-state index in [1.807, 2.05) is 35.7 Å². The molecule has 1 aliphatic rings. The molecule has 1 aromatic carbocycles. The molecule has 0 bridgehead atoms. The second-order valence-corrected chi connectivity index (χ2v) is 6.35. The molecule has 1 heterocycles. The Morgan fingerprint density at radius 2 is 2.00 bits per heavy atom. The summed E-state index contributed by atoms with van der Waals surface area (Å²) in [5.74, 6) is 5.05. The summed E-state index contributed by atoms with van der Waals surface area (Å²) in [6.45, 7) is 0.237. The molecule has 1 aromatic rings. The molecular formula is C14H15NO2S2. The van der Waals surface area contributed by atoms with Crippen LogP contribution in [0.1, 0.15) is 10.1 Å². The molecule has 5 heteroatoms. The van der Waals surface area contributed by atoms with Gasteiger partial charge in [0.1, 0.15) is 5.75 Å². The maximum atomic E-state index is 5.16. The van der Waals surface area contributed by atoms with E-state index in [1.54, 1.807) is 7.11 Å². The number of oxime groups is 1. The van der Waals surface area contributed by atoms with Crippen LogP contribution in [0.4, 0.5) is 0 Å². The molecule has 1 aliphatic heterocycles. The number of thioether (sulfide) groups is 2. The van der Waals surface area contributed by atoms with Gasteiger partial charge in [-0.25, -0.2) is 0 Å². The van der Waals surface area contributed by atoms with Crippen molar-refractivity contribution in [3.8, 4) is 18.1 Å². The predicted octanol–water partition coefficient (Wildman–Crippen LogP) is 3.18. The van der Waals surface area contributed by atoms with E-state index in [1.165, 1.54) is 5.56 Å². The van der Waals surface area contributed by atoms with E-state index in [0.29, 0.717) is 4.58 Å². The highest BCUT2D eigenvalue weighted by molar-refractivity contribution is 8.18. The number of methoxy groups -OCH3 is 1. The molecule has 0 amide bonds. The monoisotopic (exact) mass is 293 g/mol. The number of benzene rings is 1. The number of terminal acetylenes is 1. The molecular weight excluding hydrogens is 278 g/mol. The molecule has 0 radical (unpaired) electrons. The minimum absolute atomic E-state index is 0.237. The first-order valence-electron chi connectivity index (χ1n) is 5.82. The van der Waals surface area contributed by atoms with Gasteiger partial charge < -0.3 is 9.57 Å². The van der Waals surface area contributed by atoms with Crippen LogP contribution in [0.15, 0.2) is 29.4 Å². The van der Waals surface area contributed by atoms with Crippen molar-refractivity contribution in [2.45, 2.75) is 4.58 Å².